The lowest BCUT2D eigenvalue weighted by Gasteiger charge is -2.34. The monoisotopic (exact) mass is 392 g/mol. The summed E-state index contributed by atoms with van der Waals surface area (Å²) in [5.74, 6) is 0.730. The number of primary sulfonamides is 1. The van der Waals surface area contributed by atoms with Crippen LogP contribution in [0.5, 0.6) is 0 Å². The molecular weight excluding hydrogens is 368 g/mol. The van der Waals surface area contributed by atoms with E-state index in [9.17, 15) is 8.42 Å². The predicted molar refractivity (Wildman–Crippen MR) is 101 cm³/mol. The minimum absolute atomic E-state index is 0.0725. The SMILES string of the molecule is CN=C(NCc1cccc(S(N)(=O)=O)c1)N1CCOC(c2cnn(C)c2)C1. The molecule has 9 nitrogen and oxygen atoms in total. The van der Waals surface area contributed by atoms with Gasteiger partial charge in [-0.05, 0) is 17.7 Å². The Labute approximate surface area is 158 Å². The van der Waals surface area contributed by atoms with E-state index in [0.717, 1.165) is 17.1 Å². The van der Waals surface area contributed by atoms with Crippen molar-refractivity contribution in [2.45, 2.75) is 17.5 Å². The van der Waals surface area contributed by atoms with Gasteiger partial charge in [0.25, 0.3) is 0 Å². The maximum Gasteiger partial charge on any atom is 0.238 e. The third-order valence-electron chi connectivity index (χ3n) is 4.35. The van der Waals surface area contributed by atoms with Gasteiger partial charge in [-0.2, -0.15) is 5.10 Å². The summed E-state index contributed by atoms with van der Waals surface area (Å²) >= 11 is 0. The van der Waals surface area contributed by atoms with Crippen molar-refractivity contribution in [1.82, 2.24) is 20.0 Å². The van der Waals surface area contributed by atoms with Gasteiger partial charge in [-0.25, -0.2) is 13.6 Å². The number of benzene rings is 1. The maximum atomic E-state index is 11.5. The van der Waals surface area contributed by atoms with Gasteiger partial charge in [-0.1, -0.05) is 12.1 Å². The number of rotatable bonds is 4. The van der Waals surface area contributed by atoms with Crippen molar-refractivity contribution in [2.24, 2.45) is 17.2 Å². The van der Waals surface area contributed by atoms with Gasteiger partial charge in [0.15, 0.2) is 5.96 Å². The highest BCUT2D eigenvalue weighted by molar-refractivity contribution is 7.89. The normalized spacial score (nSPS) is 18.6. The van der Waals surface area contributed by atoms with Gasteiger partial charge >= 0.3 is 0 Å². The highest BCUT2D eigenvalue weighted by atomic mass is 32.2. The fourth-order valence-electron chi connectivity index (χ4n) is 3.00. The number of aromatic nitrogens is 2. The van der Waals surface area contributed by atoms with Crippen molar-refractivity contribution in [3.05, 3.63) is 47.8 Å². The van der Waals surface area contributed by atoms with E-state index in [1.807, 2.05) is 25.5 Å². The molecule has 3 rings (SSSR count). The van der Waals surface area contributed by atoms with Crippen molar-refractivity contribution in [3.8, 4) is 0 Å². The molecule has 1 saturated heterocycles. The maximum absolute atomic E-state index is 11.5. The highest BCUT2D eigenvalue weighted by Gasteiger charge is 2.25. The minimum Gasteiger partial charge on any atom is -0.370 e. The van der Waals surface area contributed by atoms with E-state index >= 15 is 0 Å². The van der Waals surface area contributed by atoms with Crippen LogP contribution in [0, 0.1) is 0 Å². The first-order chi connectivity index (χ1) is 12.9. The van der Waals surface area contributed by atoms with Crippen LogP contribution in [0.25, 0.3) is 0 Å². The van der Waals surface area contributed by atoms with Crippen molar-refractivity contribution >= 4 is 16.0 Å². The molecule has 2 aromatic rings. The van der Waals surface area contributed by atoms with Gasteiger partial charge in [0.2, 0.25) is 10.0 Å². The number of nitrogens with one attached hydrogen (secondary N) is 1. The third kappa shape index (κ3) is 4.85. The Kier molecular flexibility index (Phi) is 5.78. The van der Waals surface area contributed by atoms with Crippen LogP contribution in [0.1, 0.15) is 17.2 Å². The largest absolute Gasteiger partial charge is 0.370 e. The number of nitrogens with zero attached hydrogens (tertiary/aromatic N) is 4. The number of aryl methyl sites for hydroxylation is 1. The molecule has 10 heteroatoms. The van der Waals surface area contributed by atoms with Crippen LogP contribution in [0.4, 0.5) is 0 Å². The smallest absolute Gasteiger partial charge is 0.238 e. The molecule has 1 unspecified atom stereocenters. The molecule has 0 spiro atoms. The number of ether oxygens (including phenoxy) is 1. The van der Waals surface area contributed by atoms with Gasteiger partial charge < -0.3 is 15.0 Å². The van der Waals surface area contributed by atoms with Crippen LogP contribution in [0.2, 0.25) is 0 Å². The minimum atomic E-state index is -3.72. The van der Waals surface area contributed by atoms with Crippen LogP contribution in [-0.4, -0.2) is 55.8 Å². The fourth-order valence-corrected chi connectivity index (χ4v) is 3.58. The fraction of sp³-hybridized carbons (Fsp3) is 0.412. The molecule has 1 fully saturated rings. The zero-order valence-electron chi connectivity index (χ0n) is 15.4. The summed E-state index contributed by atoms with van der Waals surface area (Å²) in [7, 11) is -0.124. The second-order valence-electron chi connectivity index (χ2n) is 6.35. The van der Waals surface area contributed by atoms with Crippen molar-refractivity contribution in [1.29, 1.82) is 0 Å². The van der Waals surface area contributed by atoms with Crippen LogP contribution < -0.4 is 10.5 Å². The Bertz CT molecular complexity index is 924. The molecule has 0 amide bonds. The standard InChI is InChI=1S/C17H24N6O3S/c1-19-17(20-9-13-4-3-5-15(8-13)27(18,24)25)23-6-7-26-16(12-23)14-10-21-22(2)11-14/h3-5,8,10-11,16H,6-7,9,12H2,1-2H3,(H,19,20)(H2,18,24,25). The Morgan fingerprint density at radius 3 is 2.96 bits per heavy atom. The molecule has 3 N–H and O–H groups in total. The summed E-state index contributed by atoms with van der Waals surface area (Å²) in [5, 5.41) is 12.7. The Hall–Kier alpha value is -2.43. The molecule has 1 aliphatic rings. The van der Waals surface area contributed by atoms with Gasteiger partial charge in [-0.3, -0.25) is 9.67 Å². The van der Waals surface area contributed by atoms with E-state index in [1.165, 1.54) is 6.07 Å². The van der Waals surface area contributed by atoms with Crippen LogP contribution >= 0.6 is 0 Å². The first-order valence-electron chi connectivity index (χ1n) is 8.54. The predicted octanol–water partition coefficient (Wildman–Crippen LogP) is 0.216. The van der Waals surface area contributed by atoms with E-state index < -0.39 is 10.0 Å². The number of guanidine groups is 1. The van der Waals surface area contributed by atoms with Gasteiger partial charge in [0.05, 0.1) is 24.2 Å². The molecule has 1 aliphatic heterocycles. The summed E-state index contributed by atoms with van der Waals surface area (Å²) in [6.45, 7) is 2.39. The molecule has 27 heavy (non-hydrogen) atoms. The van der Waals surface area contributed by atoms with Crippen LogP contribution in [0.15, 0.2) is 46.5 Å². The number of hydrogen-bond donors (Lipinski definition) is 2. The molecule has 1 atom stereocenters. The molecule has 0 aliphatic carbocycles. The zero-order chi connectivity index (χ0) is 19.4. The van der Waals surface area contributed by atoms with Gasteiger partial charge in [-0.15, -0.1) is 0 Å². The number of sulfonamides is 1. The van der Waals surface area contributed by atoms with E-state index in [0.29, 0.717) is 26.2 Å². The molecule has 146 valence electrons. The van der Waals surface area contributed by atoms with Gasteiger partial charge in [0.1, 0.15) is 6.10 Å². The molecule has 0 bridgehead atoms. The Morgan fingerprint density at radius 2 is 2.30 bits per heavy atom. The number of morpholine rings is 1. The molecular formula is C17H24N6O3S. The zero-order valence-corrected chi connectivity index (χ0v) is 16.2. The molecule has 1 aromatic carbocycles. The first kappa shape index (κ1) is 19.3. The van der Waals surface area contributed by atoms with E-state index in [4.69, 9.17) is 9.88 Å². The van der Waals surface area contributed by atoms with Gasteiger partial charge in [0, 0.05) is 38.9 Å². The second-order valence-corrected chi connectivity index (χ2v) is 7.91. The lowest BCUT2D eigenvalue weighted by Crippen LogP contribution is -2.47. The second kappa shape index (κ2) is 8.07. The summed E-state index contributed by atoms with van der Waals surface area (Å²) in [4.78, 5) is 6.56. The van der Waals surface area contributed by atoms with E-state index in [2.05, 4.69) is 20.3 Å². The number of aliphatic imine (C=N–C) groups is 1. The Balaban J connectivity index is 1.65. The number of hydrogen-bond acceptors (Lipinski definition) is 5. The van der Waals surface area contributed by atoms with E-state index in [1.54, 1.807) is 23.9 Å². The molecule has 1 aromatic heterocycles. The van der Waals surface area contributed by atoms with Crippen molar-refractivity contribution in [2.75, 3.05) is 26.7 Å². The van der Waals surface area contributed by atoms with Crippen molar-refractivity contribution in [3.63, 3.8) is 0 Å². The highest BCUT2D eigenvalue weighted by Crippen LogP contribution is 2.21. The third-order valence-corrected chi connectivity index (χ3v) is 5.26. The summed E-state index contributed by atoms with van der Waals surface area (Å²) in [6.07, 6.45) is 3.68. The summed E-state index contributed by atoms with van der Waals surface area (Å²) in [6, 6.07) is 6.56. The van der Waals surface area contributed by atoms with Crippen LogP contribution in [0.3, 0.4) is 0 Å². The molecule has 0 radical (unpaired) electrons. The summed E-state index contributed by atoms with van der Waals surface area (Å²) in [5.41, 5.74) is 1.83. The lowest BCUT2D eigenvalue weighted by molar-refractivity contribution is -0.00805. The Morgan fingerprint density at radius 1 is 1.48 bits per heavy atom. The average Bonchev–Trinajstić information content (AvgIpc) is 3.09. The molecule has 0 saturated carbocycles. The molecule has 2 heterocycles. The first-order valence-corrected chi connectivity index (χ1v) is 10.1. The quantitative estimate of drug-likeness (QED) is 0.568. The van der Waals surface area contributed by atoms with E-state index in [-0.39, 0.29) is 11.0 Å². The lowest BCUT2D eigenvalue weighted by atomic mass is 10.1. The topological polar surface area (TPSA) is 115 Å². The average molecular weight is 392 g/mol. The number of nitrogens with two attached hydrogens (primary N) is 1. The summed E-state index contributed by atoms with van der Waals surface area (Å²) < 4.78 is 30.6. The van der Waals surface area contributed by atoms with Crippen molar-refractivity contribution < 1.29 is 13.2 Å². The van der Waals surface area contributed by atoms with Crippen LogP contribution in [-0.2, 0) is 28.4 Å².